The van der Waals surface area contributed by atoms with Crippen LogP contribution in [0.2, 0.25) is 0 Å². The highest BCUT2D eigenvalue weighted by Crippen LogP contribution is 2.14. The maximum Gasteiger partial charge on any atom is 0.261 e. The first kappa shape index (κ1) is 13.5. The van der Waals surface area contributed by atoms with Crippen molar-refractivity contribution in [2.45, 2.75) is 26.7 Å². The molecule has 0 aliphatic rings. The molecule has 0 aliphatic heterocycles. The van der Waals surface area contributed by atoms with E-state index in [1.165, 1.54) is 12.2 Å². The summed E-state index contributed by atoms with van der Waals surface area (Å²) >= 11 is 0. The second kappa shape index (κ2) is 6.85. The van der Waals surface area contributed by atoms with Gasteiger partial charge >= 0.3 is 0 Å². The molecule has 14 heavy (non-hydrogen) atoms. The van der Waals surface area contributed by atoms with Gasteiger partial charge in [0, 0.05) is 10.7 Å². The van der Waals surface area contributed by atoms with Crippen LogP contribution in [0.3, 0.4) is 0 Å². The van der Waals surface area contributed by atoms with E-state index in [0.29, 0.717) is 0 Å². The van der Waals surface area contributed by atoms with Crippen LogP contribution in [-0.2, 0) is 9.05 Å². The molecule has 0 radical (unpaired) electrons. The Morgan fingerprint density at radius 1 is 1.43 bits per heavy atom. The molecule has 0 N–H and O–H groups in total. The van der Waals surface area contributed by atoms with Gasteiger partial charge in [-0.05, 0) is 25.5 Å². The van der Waals surface area contributed by atoms with Gasteiger partial charge in [0.2, 0.25) is 0 Å². The van der Waals surface area contributed by atoms with E-state index in [0.717, 1.165) is 12.8 Å². The number of allylic oxidation sites excluding steroid dienone is 5. The molecule has 2 nitrogen and oxygen atoms in total. The Balaban J connectivity index is 4.76. The van der Waals surface area contributed by atoms with Gasteiger partial charge in [-0.1, -0.05) is 31.6 Å². The third kappa shape index (κ3) is 6.00. The van der Waals surface area contributed by atoms with Gasteiger partial charge < -0.3 is 0 Å². The minimum atomic E-state index is -3.62. The van der Waals surface area contributed by atoms with Gasteiger partial charge in [0.25, 0.3) is 9.05 Å². The minimum absolute atomic E-state index is 0.130. The summed E-state index contributed by atoms with van der Waals surface area (Å²) in [6.07, 6.45) is 10.0. The molecule has 0 aliphatic carbocycles. The summed E-state index contributed by atoms with van der Waals surface area (Å²) in [7, 11) is 1.61. The Hall–Kier alpha value is -0.540. The normalized spacial score (nSPS) is 14.4. The summed E-state index contributed by atoms with van der Waals surface area (Å²) < 4.78 is 22.1. The molecule has 0 unspecified atom stereocenters. The molecule has 0 amide bonds. The van der Waals surface area contributed by atoms with Gasteiger partial charge in [0.05, 0.1) is 4.91 Å². The van der Waals surface area contributed by atoms with E-state index in [1.54, 1.807) is 18.2 Å². The molecule has 0 rings (SSSR count). The molecule has 0 bridgehead atoms. The van der Waals surface area contributed by atoms with Crippen molar-refractivity contribution in [2.75, 3.05) is 0 Å². The number of unbranched alkanes of at least 4 members (excludes halogenated alkanes) is 1. The second-order valence-corrected chi connectivity index (χ2v) is 5.29. The maximum absolute atomic E-state index is 11.0. The Morgan fingerprint density at radius 3 is 2.50 bits per heavy atom. The maximum atomic E-state index is 11.0. The molecule has 0 fully saturated rings. The quantitative estimate of drug-likeness (QED) is 0.540. The Labute approximate surface area is 90.4 Å². The van der Waals surface area contributed by atoms with Gasteiger partial charge in [0.15, 0.2) is 0 Å². The van der Waals surface area contributed by atoms with Gasteiger partial charge in [-0.25, -0.2) is 8.42 Å². The average Bonchev–Trinajstić information content (AvgIpc) is 2.09. The van der Waals surface area contributed by atoms with Crippen molar-refractivity contribution in [3.8, 4) is 0 Å². The zero-order valence-corrected chi connectivity index (χ0v) is 9.98. The Kier molecular flexibility index (Phi) is 6.58. The third-order valence-electron chi connectivity index (χ3n) is 1.47. The molecular formula is C10H15ClO2S. The Morgan fingerprint density at radius 2 is 2.07 bits per heavy atom. The molecule has 0 heterocycles. The predicted molar refractivity (Wildman–Crippen MR) is 61.7 cm³/mol. The van der Waals surface area contributed by atoms with Crippen molar-refractivity contribution < 1.29 is 8.42 Å². The first-order valence-corrected chi connectivity index (χ1v) is 6.77. The van der Waals surface area contributed by atoms with Crippen LogP contribution in [-0.4, -0.2) is 8.42 Å². The molecule has 0 aromatic carbocycles. The molecule has 0 atom stereocenters. The molecule has 0 aromatic rings. The first-order chi connectivity index (χ1) is 6.52. The van der Waals surface area contributed by atoms with Crippen molar-refractivity contribution in [2.24, 2.45) is 0 Å². The fourth-order valence-corrected chi connectivity index (χ4v) is 1.58. The third-order valence-corrected chi connectivity index (χ3v) is 2.84. The summed E-state index contributed by atoms with van der Waals surface area (Å²) in [6, 6.07) is 0. The van der Waals surface area contributed by atoms with Crippen LogP contribution in [0.25, 0.3) is 0 Å². The van der Waals surface area contributed by atoms with Crippen LogP contribution in [0, 0.1) is 0 Å². The highest BCUT2D eigenvalue weighted by atomic mass is 35.7. The molecular weight excluding hydrogens is 220 g/mol. The van der Waals surface area contributed by atoms with Crippen LogP contribution < -0.4 is 0 Å². The standard InChI is InChI=1S/C10H15ClO2S/c1-3-5-7-9-10(8-6-4-2)14(11,12)13/h4,6-9H,3,5H2,1-2H3/b6-4+,9-7-,10-8+. The lowest BCUT2D eigenvalue weighted by Crippen LogP contribution is -1.90. The number of rotatable bonds is 5. The lowest BCUT2D eigenvalue weighted by molar-refractivity contribution is 0.615. The van der Waals surface area contributed by atoms with Crippen molar-refractivity contribution in [3.63, 3.8) is 0 Å². The zero-order valence-electron chi connectivity index (χ0n) is 8.40. The van der Waals surface area contributed by atoms with Crippen LogP contribution in [0.15, 0.2) is 35.3 Å². The average molecular weight is 235 g/mol. The summed E-state index contributed by atoms with van der Waals surface area (Å²) in [5.41, 5.74) is 0. The summed E-state index contributed by atoms with van der Waals surface area (Å²) in [6.45, 7) is 3.83. The highest BCUT2D eigenvalue weighted by Gasteiger charge is 2.08. The van der Waals surface area contributed by atoms with Crippen molar-refractivity contribution in [3.05, 3.63) is 35.3 Å². The van der Waals surface area contributed by atoms with E-state index in [2.05, 4.69) is 0 Å². The highest BCUT2D eigenvalue weighted by molar-refractivity contribution is 8.17. The topological polar surface area (TPSA) is 34.1 Å². The molecule has 4 heteroatoms. The van der Waals surface area contributed by atoms with E-state index < -0.39 is 9.05 Å². The first-order valence-electron chi connectivity index (χ1n) is 4.46. The van der Waals surface area contributed by atoms with Crippen molar-refractivity contribution in [1.29, 1.82) is 0 Å². The van der Waals surface area contributed by atoms with Gasteiger partial charge in [-0.2, -0.15) is 0 Å². The van der Waals surface area contributed by atoms with Gasteiger partial charge in [-0.3, -0.25) is 0 Å². The number of hydrogen-bond acceptors (Lipinski definition) is 2. The van der Waals surface area contributed by atoms with E-state index >= 15 is 0 Å². The molecule has 0 saturated carbocycles. The monoisotopic (exact) mass is 234 g/mol. The molecule has 0 spiro atoms. The molecule has 0 aromatic heterocycles. The number of halogens is 1. The van der Waals surface area contributed by atoms with E-state index in [4.69, 9.17) is 10.7 Å². The Bertz CT molecular complexity index is 337. The number of hydrogen-bond donors (Lipinski definition) is 0. The lowest BCUT2D eigenvalue weighted by Gasteiger charge is -1.94. The van der Waals surface area contributed by atoms with E-state index in [1.807, 2.05) is 13.8 Å². The van der Waals surface area contributed by atoms with Gasteiger partial charge in [-0.15, -0.1) is 0 Å². The van der Waals surface area contributed by atoms with E-state index in [-0.39, 0.29) is 4.91 Å². The lowest BCUT2D eigenvalue weighted by atomic mass is 10.3. The van der Waals surface area contributed by atoms with Crippen molar-refractivity contribution in [1.82, 2.24) is 0 Å². The molecule has 0 saturated heterocycles. The predicted octanol–water partition coefficient (Wildman–Crippen LogP) is 3.37. The summed E-state index contributed by atoms with van der Waals surface area (Å²) in [4.78, 5) is 0.130. The van der Waals surface area contributed by atoms with Crippen LogP contribution >= 0.6 is 10.7 Å². The molecule has 80 valence electrons. The van der Waals surface area contributed by atoms with Crippen molar-refractivity contribution >= 4 is 19.7 Å². The second-order valence-electron chi connectivity index (χ2n) is 2.72. The van der Waals surface area contributed by atoms with Gasteiger partial charge in [0.1, 0.15) is 0 Å². The summed E-state index contributed by atoms with van der Waals surface area (Å²) in [5.74, 6) is 0. The minimum Gasteiger partial charge on any atom is -0.207 e. The fourth-order valence-electron chi connectivity index (χ4n) is 0.775. The van der Waals surface area contributed by atoms with E-state index in [9.17, 15) is 8.42 Å². The largest absolute Gasteiger partial charge is 0.261 e. The van der Waals surface area contributed by atoms with Crippen LogP contribution in [0.1, 0.15) is 26.7 Å². The zero-order chi connectivity index (χ0) is 11.0. The fraction of sp³-hybridized carbons (Fsp3) is 0.400. The van der Waals surface area contributed by atoms with Crippen LogP contribution in [0.4, 0.5) is 0 Å². The summed E-state index contributed by atoms with van der Waals surface area (Å²) in [5, 5.41) is 0. The smallest absolute Gasteiger partial charge is 0.207 e. The SMILES string of the molecule is C/C=C/C=C(\C=C/CCC)S(=O)(=O)Cl. The van der Waals surface area contributed by atoms with Crippen LogP contribution in [0.5, 0.6) is 0 Å².